The summed E-state index contributed by atoms with van der Waals surface area (Å²) in [5.41, 5.74) is 5.60. The molecule has 2 N–H and O–H groups in total. The van der Waals surface area contributed by atoms with Crippen molar-refractivity contribution in [2.24, 2.45) is 10.7 Å². The number of rotatable bonds is 5. The minimum absolute atomic E-state index is 0. The first-order valence-corrected chi connectivity index (χ1v) is 8.52. The standard InChI is InChI=1S/C16H33N5O2.HI/c1-6-19(7-2)9-8-18-14(17)20-10-12-21(13-11-20)15(22)23-16(3,4)5;/h6-13H2,1-5H3,(H2,17,18);1H. The van der Waals surface area contributed by atoms with E-state index in [0.29, 0.717) is 38.7 Å². The molecule has 0 saturated carbocycles. The van der Waals surface area contributed by atoms with E-state index in [4.69, 9.17) is 10.5 Å². The largest absolute Gasteiger partial charge is 0.444 e. The second-order valence-corrected chi connectivity index (χ2v) is 6.72. The van der Waals surface area contributed by atoms with Gasteiger partial charge in [0.05, 0.1) is 6.54 Å². The van der Waals surface area contributed by atoms with Crippen LogP contribution in [0.1, 0.15) is 34.6 Å². The normalized spacial score (nSPS) is 16.2. The van der Waals surface area contributed by atoms with Crippen molar-refractivity contribution >= 4 is 36.0 Å². The van der Waals surface area contributed by atoms with Crippen LogP contribution in [0.25, 0.3) is 0 Å². The maximum atomic E-state index is 12.0. The molecule has 1 aliphatic heterocycles. The second kappa shape index (κ2) is 11.0. The predicted molar refractivity (Wildman–Crippen MR) is 109 cm³/mol. The topological polar surface area (TPSA) is 74.4 Å². The molecule has 1 aliphatic rings. The number of hydrogen-bond acceptors (Lipinski definition) is 4. The smallest absolute Gasteiger partial charge is 0.410 e. The summed E-state index contributed by atoms with van der Waals surface area (Å²) < 4.78 is 5.39. The van der Waals surface area contributed by atoms with Crippen molar-refractivity contribution in [2.75, 3.05) is 52.4 Å². The number of guanidine groups is 1. The number of halogens is 1. The van der Waals surface area contributed by atoms with Crippen LogP contribution in [-0.4, -0.2) is 84.7 Å². The van der Waals surface area contributed by atoms with Crippen LogP contribution < -0.4 is 5.73 Å². The quantitative estimate of drug-likeness (QED) is 0.389. The van der Waals surface area contributed by atoms with E-state index >= 15 is 0 Å². The Morgan fingerprint density at radius 1 is 1.12 bits per heavy atom. The average Bonchev–Trinajstić information content (AvgIpc) is 2.50. The van der Waals surface area contributed by atoms with Gasteiger partial charge in [0.15, 0.2) is 5.96 Å². The van der Waals surface area contributed by atoms with Gasteiger partial charge in [0.25, 0.3) is 0 Å². The third-order valence-corrected chi connectivity index (χ3v) is 3.84. The molecule has 1 saturated heterocycles. The number of carbonyl (C=O) groups excluding carboxylic acids is 1. The minimum Gasteiger partial charge on any atom is -0.444 e. The molecule has 0 unspecified atom stereocenters. The van der Waals surface area contributed by atoms with Gasteiger partial charge in [-0.25, -0.2) is 4.79 Å². The van der Waals surface area contributed by atoms with Crippen LogP contribution >= 0.6 is 24.0 Å². The van der Waals surface area contributed by atoms with Crippen molar-refractivity contribution in [1.29, 1.82) is 0 Å². The Bertz CT molecular complexity index is 400. The fourth-order valence-corrected chi connectivity index (χ4v) is 2.39. The van der Waals surface area contributed by atoms with Crippen molar-refractivity contribution in [3.8, 4) is 0 Å². The van der Waals surface area contributed by atoms with Crippen LogP contribution in [0.2, 0.25) is 0 Å². The molecule has 1 heterocycles. The highest BCUT2D eigenvalue weighted by Gasteiger charge is 2.26. The lowest BCUT2D eigenvalue weighted by Gasteiger charge is -2.36. The van der Waals surface area contributed by atoms with Crippen molar-refractivity contribution < 1.29 is 9.53 Å². The lowest BCUT2D eigenvalue weighted by molar-refractivity contribution is 0.0186. The molecular weight excluding hydrogens is 421 g/mol. The Morgan fingerprint density at radius 2 is 1.62 bits per heavy atom. The summed E-state index contributed by atoms with van der Waals surface area (Å²) in [6.45, 7) is 16.2. The molecule has 7 nitrogen and oxygen atoms in total. The molecule has 0 aliphatic carbocycles. The summed E-state index contributed by atoms with van der Waals surface area (Å²) in [7, 11) is 0. The van der Waals surface area contributed by atoms with Gasteiger partial charge in [-0.15, -0.1) is 24.0 Å². The van der Waals surface area contributed by atoms with E-state index in [2.05, 4.69) is 23.7 Å². The fourth-order valence-electron chi connectivity index (χ4n) is 2.39. The van der Waals surface area contributed by atoms with Gasteiger partial charge in [-0.3, -0.25) is 4.99 Å². The summed E-state index contributed by atoms with van der Waals surface area (Å²) in [6.07, 6.45) is -0.255. The minimum atomic E-state index is -0.459. The van der Waals surface area contributed by atoms with E-state index in [0.717, 1.165) is 19.6 Å². The predicted octanol–water partition coefficient (Wildman–Crippen LogP) is 1.81. The number of piperazine rings is 1. The van der Waals surface area contributed by atoms with E-state index in [1.807, 2.05) is 25.7 Å². The van der Waals surface area contributed by atoms with Crippen molar-refractivity contribution in [2.45, 2.75) is 40.2 Å². The third-order valence-electron chi connectivity index (χ3n) is 3.84. The van der Waals surface area contributed by atoms with Gasteiger partial charge in [0.1, 0.15) is 5.60 Å². The molecule has 0 atom stereocenters. The molecule has 1 amide bonds. The van der Waals surface area contributed by atoms with E-state index in [1.165, 1.54) is 0 Å². The lowest BCUT2D eigenvalue weighted by atomic mass is 10.2. The molecule has 0 spiro atoms. The van der Waals surface area contributed by atoms with E-state index in [9.17, 15) is 4.79 Å². The molecule has 0 aromatic carbocycles. The van der Waals surface area contributed by atoms with Crippen LogP contribution in [0.15, 0.2) is 4.99 Å². The first kappa shape index (κ1) is 23.2. The summed E-state index contributed by atoms with van der Waals surface area (Å²) >= 11 is 0. The number of aliphatic imine (C=N–C) groups is 1. The van der Waals surface area contributed by atoms with Crippen LogP contribution in [-0.2, 0) is 4.74 Å². The van der Waals surface area contributed by atoms with E-state index in [1.54, 1.807) is 4.90 Å². The van der Waals surface area contributed by atoms with Gasteiger partial charge in [0, 0.05) is 32.7 Å². The maximum Gasteiger partial charge on any atom is 0.410 e. The van der Waals surface area contributed by atoms with Gasteiger partial charge in [0.2, 0.25) is 0 Å². The Labute approximate surface area is 163 Å². The Balaban J connectivity index is 0.00000529. The van der Waals surface area contributed by atoms with E-state index in [-0.39, 0.29) is 30.1 Å². The lowest BCUT2D eigenvalue weighted by Crippen LogP contribution is -2.53. The van der Waals surface area contributed by atoms with E-state index < -0.39 is 5.60 Å². The fraction of sp³-hybridized carbons (Fsp3) is 0.875. The van der Waals surface area contributed by atoms with Crippen molar-refractivity contribution in [3.63, 3.8) is 0 Å². The molecule has 8 heteroatoms. The zero-order chi connectivity index (χ0) is 17.5. The number of likely N-dealkylation sites (N-methyl/N-ethyl adjacent to an activating group) is 1. The summed E-state index contributed by atoms with van der Waals surface area (Å²) in [4.78, 5) is 22.6. The highest BCUT2D eigenvalue weighted by atomic mass is 127. The van der Waals surface area contributed by atoms with Gasteiger partial charge >= 0.3 is 6.09 Å². The molecule has 24 heavy (non-hydrogen) atoms. The number of carbonyl (C=O) groups is 1. The molecule has 0 bridgehead atoms. The Kier molecular flexibility index (Phi) is 10.6. The molecule has 1 rings (SSSR count). The molecule has 1 fully saturated rings. The maximum absolute atomic E-state index is 12.0. The number of amides is 1. The van der Waals surface area contributed by atoms with Crippen molar-refractivity contribution in [1.82, 2.24) is 14.7 Å². The molecule has 0 radical (unpaired) electrons. The molecule has 142 valence electrons. The van der Waals surface area contributed by atoms with Crippen LogP contribution in [0.5, 0.6) is 0 Å². The van der Waals surface area contributed by atoms with Gasteiger partial charge in [-0.2, -0.15) is 0 Å². The first-order chi connectivity index (χ1) is 10.8. The second-order valence-electron chi connectivity index (χ2n) is 6.72. The molecule has 0 aromatic heterocycles. The van der Waals surface area contributed by atoms with Crippen LogP contribution in [0.4, 0.5) is 4.79 Å². The Morgan fingerprint density at radius 3 is 2.08 bits per heavy atom. The summed E-state index contributed by atoms with van der Waals surface area (Å²) in [5, 5.41) is 0. The van der Waals surface area contributed by atoms with Crippen LogP contribution in [0, 0.1) is 0 Å². The van der Waals surface area contributed by atoms with Crippen molar-refractivity contribution in [3.05, 3.63) is 0 Å². The number of nitrogens with two attached hydrogens (primary N) is 1. The van der Waals surface area contributed by atoms with Crippen LogP contribution in [0.3, 0.4) is 0 Å². The van der Waals surface area contributed by atoms with Gasteiger partial charge in [-0.05, 0) is 33.9 Å². The monoisotopic (exact) mass is 455 g/mol. The summed E-state index contributed by atoms with van der Waals surface area (Å²) in [5.74, 6) is 0.570. The molecular formula is C16H34IN5O2. The van der Waals surface area contributed by atoms with Gasteiger partial charge < -0.3 is 25.2 Å². The molecule has 0 aromatic rings. The summed E-state index contributed by atoms with van der Waals surface area (Å²) in [6, 6.07) is 0. The Hall–Kier alpha value is -0.770. The third kappa shape index (κ3) is 8.36. The number of hydrogen-bond donors (Lipinski definition) is 1. The zero-order valence-electron chi connectivity index (χ0n) is 15.7. The average molecular weight is 455 g/mol. The number of ether oxygens (including phenoxy) is 1. The SMILES string of the molecule is CCN(CC)CCN=C(N)N1CCN(C(=O)OC(C)(C)C)CC1.I. The first-order valence-electron chi connectivity index (χ1n) is 8.52. The number of nitrogens with zero attached hydrogens (tertiary/aromatic N) is 4. The van der Waals surface area contributed by atoms with Gasteiger partial charge in [-0.1, -0.05) is 13.8 Å². The highest BCUT2D eigenvalue weighted by Crippen LogP contribution is 2.11. The highest BCUT2D eigenvalue weighted by molar-refractivity contribution is 14.0. The zero-order valence-corrected chi connectivity index (χ0v) is 18.1.